The van der Waals surface area contributed by atoms with Crippen molar-refractivity contribution in [1.29, 1.82) is 0 Å². The van der Waals surface area contributed by atoms with Crippen LogP contribution in [0.1, 0.15) is 22.3 Å². The second-order valence-corrected chi connectivity index (χ2v) is 5.29. The summed E-state index contributed by atoms with van der Waals surface area (Å²) in [5.41, 5.74) is 3.64. The van der Waals surface area contributed by atoms with Gasteiger partial charge in [0.1, 0.15) is 17.9 Å². The molecule has 1 N–H and O–H groups in total. The lowest BCUT2D eigenvalue weighted by Crippen LogP contribution is -2.06. The molecule has 0 bridgehead atoms. The Kier molecular flexibility index (Phi) is 5.41. The third-order valence-corrected chi connectivity index (χ3v) is 3.50. The fourth-order valence-electron chi connectivity index (χ4n) is 2.27. The summed E-state index contributed by atoms with van der Waals surface area (Å²) in [6.45, 7) is 4.27. The summed E-state index contributed by atoms with van der Waals surface area (Å²) in [4.78, 5) is 11.4. The lowest BCUT2D eigenvalue weighted by molar-refractivity contribution is -0.130. The van der Waals surface area contributed by atoms with Gasteiger partial charge in [-0.25, -0.2) is 4.79 Å². The molecule has 23 heavy (non-hydrogen) atoms. The van der Waals surface area contributed by atoms with Crippen LogP contribution < -0.4 is 4.74 Å². The molecule has 0 atom stereocenters. The maximum absolute atomic E-state index is 11.4. The predicted molar refractivity (Wildman–Crippen MR) is 89.3 cm³/mol. The number of methoxy groups -OCH3 is 1. The third-order valence-electron chi connectivity index (χ3n) is 3.50. The topological polar surface area (TPSA) is 55.8 Å². The van der Waals surface area contributed by atoms with Crippen LogP contribution in [0.25, 0.3) is 5.57 Å². The highest BCUT2D eigenvalue weighted by molar-refractivity contribution is 6.15. The van der Waals surface area contributed by atoms with E-state index < -0.39 is 5.97 Å². The van der Waals surface area contributed by atoms with Gasteiger partial charge in [-0.05, 0) is 42.2 Å². The highest BCUT2D eigenvalue weighted by Crippen LogP contribution is 2.24. The molecule has 0 saturated heterocycles. The molecule has 0 heterocycles. The molecule has 2 rings (SSSR count). The summed E-state index contributed by atoms with van der Waals surface area (Å²) in [5, 5.41) is 9.36. The summed E-state index contributed by atoms with van der Waals surface area (Å²) in [7, 11) is 1.43. The van der Waals surface area contributed by atoms with Gasteiger partial charge in [0.05, 0.1) is 13.4 Å². The maximum Gasteiger partial charge on any atom is 0.339 e. The minimum Gasteiger partial charge on any atom is -0.503 e. The molecule has 0 fully saturated rings. The Balaban J connectivity index is 2.29. The van der Waals surface area contributed by atoms with Crippen LogP contribution in [0.5, 0.6) is 5.75 Å². The number of hydrogen-bond donors (Lipinski definition) is 1. The zero-order valence-corrected chi connectivity index (χ0v) is 13.5. The molecule has 0 aliphatic carbocycles. The molecule has 4 heteroatoms. The van der Waals surface area contributed by atoms with Gasteiger partial charge >= 0.3 is 5.97 Å². The fourth-order valence-corrected chi connectivity index (χ4v) is 2.27. The van der Waals surface area contributed by atoms with E-state index in [1.165, 1.54) is 13.4 Å². The fraction of sp³-hybridized carbons (Fsp3) is 0.211. The van der Waals surface area contributed by atoms with Gasteiger partial charge in [-0.2, -0.15) is 0 Å². The van der Waals surface area contributed by atoms with Gasteiger partial charge in [0.15, 0.2) is 0 Å². The number of rotatable bonds is 6. The van der Waals surface area contributed by atoms with Crippen molar-refractivity contribution in [1.82, 2.24) is 0 Å². The number of aliphatic carboxylic acids is 1. The Morgan fingerprint density at radius 3 is 2.61 bits per heavy atom. The van der Waals surface area contributed by atoms with Gasteiger partial charge in [-0.1, -0.05) is 36.4 Å². The normalized spacial score (nSPS) is 11.2. The number of aryl methyl sites for hydroxylation is 2. The van der Waals surface area contributed by atoms with E-state index in [0.29, 0.717) is 5.56 Å². The molecule has 0 amide bonds. The summed E-state index contributed by atoms with van der Waals surface area (Å²) in [6.07, 6.45) is 1.24. The van der Waals surface area contributed by atoms with E-state index in [1.54, 1.807) is 12.1 Å². The summed E-state index contributed by atoms with van der Waals surface area (Å²) < 4.78 is 10.8. The van der Waals surface area contributed by atoms with Crippen molar-refractivity contribution in [3.63, 3.8) is 0 Å². The minimum absolute atomic E-state index is 0.104. The lowest BCUT2D eigenvalue weighted by atomic mass is 10.0. The molecule has 0 unspecified atom stereocenters. The molecule has 0 radical (unpaired) electrons. The number of ether oxygens (including phenoxy) is 2. The van der Waals surface area contributed by atoms with Gasteiger partial charge in [0.2, 0.25) is 0 Å². The Morgan fingerprint density at radius 2 is 1.91 bits per heavy atom. The lowest BCUT2D eigenvalue weighted by Gasteiger charge is -2.13. The Labute approximate surface area is 136 Å². The maximum atomic E-state index is 11.4. The average Bonchev–Trinajstić information content (AvgIpc) is 2.53. The Hall–Kier alpha value is -2.75. The van der Waals surface area contributed by atoms with E-state index in [9.17, 15) is 9.90 Å². The van der Waals surface area contributed by atoms with Crippen molar-refractivity contribution in [2.45, 2.75) is 20.5 Å². The Morgan fingerprint density at radius 1 is 1.17 bits per heavy atom. The van der Waals surface area contributed by atoms with Crippen molar-refractivity contribution >= 4 is 11.5 Å². The summed E-state index contributed by atoms with van der Waals surface area (Å²) >= 11 is 0. The molecular formula is C19H20O4. The van der Waals surface area contributed by atoms with Crippen LogP contribution in [0.4, 0.5) is 0 Å². The smallest absolute Gasteiger partial charge is 0.339 e. The van der Waals surface area contributed by atoms with Crippen molar-refractivity contribution in [3.8, 4) is 5.75 Å². The molecular weight excluding hydrogens is 292 g/mol. The van der Waals surface area contributed by atoms with Crippen LogP contribution in [0.2, 0.25) is 0 Å². The van der Waals surface area contributed by atoms with E-state index in [2.05, 4.69) is 0 Å². The second-order valence-electron chi connectivity index (χ2n) is 5.29. The predicted octanol–water partition coefficient (Wildman–Crippen LogP) is 3.95. The van der Waals surface area contributed by atoms with Crippen LogP contribution >= 0.6 is 0 Å². The molecule has 0 saturated carbocycles. The van der Waals surface area contributed by atoms with Crippen LogP contribution in [0, 0.1) is 13.8 Å². The monoisotopic (exact) mass is 312 g/mol. The van der Waals surface area contributed by atoms with Crippen molar-refractivity contribution < 1.29 is 19.4 Å². The third kappa shape index (κ3) is 4.13. The average molecular weight is 312 g/mol. The quantitative estimate of drug-likeness (QED) is 0.648. The Bertz CT molecular complexity index is 732. The molecule has 4 nitrogen and oxygen atoms in total. The summed E-state index contributed by atoms with van der Waals surface area (Å²) in [5.74, 6) is -0.238. The van der Waals surface area contributed by atoms with Gasteiger partial charge in [-0.15, -0.1) is 0 Å². The number of carbonyl (C=O) groups is 1. The molecule has 0 aliphatic heterocycles. The van der Waals surface area contributed by atoms with Crippen molar-refractivity contribution in [2.24, 2.45) is 0 Å². The highest BCUT2D eigenvalue weighted by atomic mass is 16.5. The van der Waals surface area contributed by atoms with Crippen molar-refractivity contribution in [2.75, 3.05) is 7.11 Å². The van der Waals surface area contributed by atoms with E-state index in [4.69, 9.17) is 9.47 Å². The largest absolute Gasteiger partial charge is 0.503 e. The first kappa shape index (κ1) is 16.6. The van der Waals surface area contributed by atoms with E-state index in [0.717, 1.165) is 22.4 Å². The van der Waals surface area contributed by atoms with E-state index >= 15 is 0 Å². The number of benzene rings is 2. The molecule has 0 aromatic heterocycles. The highest BCUT2D eigenvalue weighted by Gasteiger charge is 2.15. The number of carboxylic acid groups (broad SMARTS) is 1. The first-order valence-electron chi connectivity index (χ1n) is 7.27. The van der Waals surface area contributed by atoms with Crippen LogP contribution in [0.15, 0.2) is 48.7 Å². The van der Waals surface area contributed by atoms with Crippen LogP contribution in [0.3, 0.4) is 0 Å². The zero-order valence-electron chi connectivity index (χ0n) is 13.5. The van der Waals surface area contributed by atoms with Crippen LogP contribution in [-0.2, 0) is 16.1 Å². The molecule has 2 aromatic rings. The molecule has 0 aliphatic rings. The molecule has 2 aromatic carbocycles. The zero-order chi connectivity index (χ0) is 16.8. The van der Waals surface area contributed by atoms with Gasteiger partial charge in [0, 0.05) is 0 Å². The SMILES string of the molecule is COC=C(C(=O)O)c1ccccc1COc1cc(C)ccc1C. The first-order chi connectivity index (χ1) is 11.0. The molecule has 0 spiro atoms. The van der Waals surface area contributed by atoms with E-state index in [-0.39, 0.29) is 12.2 Å². The minimum atomic E-state index is -1.04. The van der Waals surface area contributed by atoms with Gasteiger partial charge < -0.3 is 14.6 Å². The first-order valence-corrected chi connectivity index (χ1v) is 7.27. The van der Waals surface area contributed by atoms with Gasteiger partial charge in [0.25, 0.3) is 0 Å². The van der Waals surface area contributed by atoms with Gasteiger partial charge in [-0.3, -0.25) is 0 Å². The van der Waals surface area contributed by atoms with Crippen LogP contribution in [-0.4, -0.2) is 18.2 Å². The number of hydrogen-bond acceptors (Lipinski definition) is 3. The van der Waals surface area contributed by atoms with E-state index in [1.807, 2.05) is 44.2 Å². The second kappa shape index (κ2) is 7.49. The van der Waals surface area contributed by atoms with Crippen molar-refractivity contribution in [3.05, 3.63) is 71.0 Å². The summed E-state index contributed by atoms with van der Waals surface area (Å²) in [6, 6.07) is 13.3. The number of carboxylic acids is 1. The standard InChI is InChI=1S/C19H20O4/c1-13-8-9-14(2)18(10-13)23-11-15-6-4-5-7-16(15)17(12-22-3)19(20)21/h4-10,12H,11H2,1-3H3,(H,20,21). The molecule has 120 valence electrons.